The summed E-state index contributed by atoms with van der Waals surface area (Å²) in [4.78, 5) is 5.79. The average Bonchev–Trinajstić information content (AvgIpc) is 2.16. The molecule has 0 aliphatic heterocycles. The molecule has 0 atom stereocenters. The predicted octanol–water partition coefficient (Wildman–Crippen LogP) is 1.03. The van der Waals surface area contributed by atoms with Crippen molar-refractivity contribution in [2.45, 2.75) is 0 Å². The van der Waals surface area contributed by atoms with Crippen molar-refractivity contribution < 1.29 is 4.74 Å². The minimum Gasteiger partial charge on any atom is -0.480 e. The number of rotatable bonds is 2. The molecule has 1 aromatic heterocycles. The van der Waals surface area contributed by atoms with Gasteiger partial charge in [-0.1, -0.05) is 0 Å². The van der Waals surface area contributed by atoms with Gasteiger partial charge >= 0.3 is 0 Å². The Morgan fingerprint density at radius 3 is 2.69 bits per heavy atom. The second-order valence-electron chi connectivity index (χ2n) is 2.72. The highest BCUT2D eigenvalue weighted by atomic mass is 16.5. The van der Waals surface area contributed by atoms with Crippen LogP contribution in [0.4, 0.5) is 5.69 Å². The molecule has 4 heteroatoms. The molecule has 0 radical (unpaired) electrons. The molecule has 4 nitrogen and oxygen atoms in total. The number of nitriles is 1. The first kappa shape index (κ1) is 9.33. The zero-order chi connectivity index (χ0) is 9.84. The van der Waals surface area contributed by atoms with Gasteiger partial charge in [0.05, 0.1) is 12.8 Å². The largest absolute Gasteiger partial charge is 0.480 e. The van der Waals surface area contributed by atoms with Crippen LogP contribution in [0.15, 0.2) is 12.3 Å². The van der Waals surface area contributed by atoms with Gasteiger partial charge in [0.2, 0.25) is 5.88 Å². The van der Waals surface area contributed by atoms with Gasteiger partial charge in [-0.2, -0.15) is 5.26 Å². The molecule has 0 bridgehead atoms. The average molecular weight is 177 g/mol. The lowest BCUT2D eigenvalue weighted by Crippen LogP contribution is -2.11. The van der Waals surface area contributed by atoms with E-state index < -0.39 is 0 Å². The van der Waals surface area contributed by atoms with Gasteiger partial charge in [0, 0.05) is 20.3 Å². The van der Waals surface area contributed by atoms with Crippen LogP contribution in [0.25, 0.3) is 0 Å². The second-order valence-corrected chi connectivity index (χ2v) is 2.72. The molecule has 0 unspecified atom stereocenters. The molecule has 68 valence electrons. The molecule has 0 aromatic carbocycles. The summed E-state index contributed by atoms with van der Waals surface area (Å²) >= 11 is 0. The van der Waals surface area contributed by atoms with Gasteiger partial charge in [-0.15, -0.1) is 0 Å². The normalized spacial score (nSPS) is 9.08. The van der Waals surface area contributed by atoms with Gasteiger partial charge in [-0.3, -0.25) is 0 Å². The van der Waals surface area contributed by atoms with E-state index in [1.165, 1.54) is 7.11 Å². The van der Waals surface area contributed by atoms with Gasteiger partial charge in [0.15, 0.2) is 0 Å². The van der Waals surface area contributed by atoms with Crippen LogP contribution in [0.5, 0.6) is 5.88 Å². The molecule has 0 aliphatic rings. The quantitative estimate of drug-likeness (QED) is 0.677. The van der Waals surface area contributed by atoms with E-state index >= 15 is 0 Å². The molecule has 0 aliphatic carbocycles. The van der Waals surface area contributed by atoms with Crippen LogP contribution in [0.3, 0.4) is 0 Å². The summed E-state index contributed by atoms with van der Waals surface area (Å²) in [6.45, 7) is 0. The van der Waals surface area contributed by atoms with Crippen LogP contribution in [0.2, 0.25) is 0 Å². The number of nitrogens with zero attached hydrogens (tertiary/aromatic N) is 3. The van der Waals surface area contributed by atoms with E-state index in [4.69, 9.17) is 10.00 Å². The van der Waals surface area contributed by atoms with Crippen molar-refractivity contribution in [1.29, 1.82) is 5.26 Å². The molecule has 13 heavy (non-hydrogen) atoms. The first-order valence-corrected chi connectivity index (χ1v) is 3.81. The van der Waals surface area contributed by atoms with E-state index in [2.05, 4.69) is 11.1 Å². The van der Waals surface area contributed by atoms with Crippen molar-refractivity contribution in [3.63, 3.8) is 0 Å². The Labute approximate surface area is 77.4 Å². The minimum absolute atomic E-state index is 0.369. The number of hydrogen-bond donors (Lipinski definition) is 0. The molecule has 0 fully saturated rings. The number of ether oxygens (including phenoxy) is 1. The lowest BCUT2D eigenvalue weighted by molar-refractivity contribution is 0.396. The van der Waals surface area contributed by atoms with Gasteiger partial charge < -0.3 is 9.64 Å². The van der Waals surface area contributed by atoms with Crippen LogP contribution in [-0.2, 0) is 0 Å². The molecule has 0 amide bonds. The van der Waals surface area contributed by atoms with Crippen molar-refractivity contribution in [2.24, 2.45) is 0 Å². The SMILES string of the molecule is COc1nccc(N(C)C)c1C#N. The molecular weight excluding hydrogens is 166 g/mol. The van der Waals surface area contributed by atoms with Crippen molar-refractivity contribution in [2.75, 3.05) is 26.1 Å². The van der Waals surface area contributed by atoms with E-state index in [-0.39, 0.29) is 0 Å². The van der Waals surface area contributed by atoms with Crippen LogP contribution >= 0.6 is 0 Å². The number of methoxy groups -OCH3 is 1. The van der Waals surface area contributed by atoms with Crippen LogP contribution in [0.1, 0.15) is 5.56 Å². The lowest BCUT2D eigenvalue weighted by Gasteiger charge is -2.14. The maximum atomic E-state index is 8.88. The van der Waals surface area contributed by atoms with E-state index in [0.717, 1.165) is 5.69 Å². The molecule has 1 aromatic rings. The summed E-state index contributed by atoms with van der Waals surface area (Å²) in [6, 6.07) is 3.85. The molecule has 0 saturated carbocycles. The third-order valence-corrected chi connectivity index (χ3v) is 1.68. The summed E-state index contributed by atoms with van der Waals surface area (Å²) in [7, 11) is 5.24. The van der Waals surface area contributed by atoms with Crippen molar-refractivity contribution in [3.8, 4) is 11.9 Å². The second kappa shape index (κ2) is 3.76. The Bertz CT molecular complexity index is 341. The Hall–Kier alpha value is -1.76. The Balaban J connectivity index is 3.29. The zero-order valence-corrected chi connectivity index (χ0v) is 7.90. The molecular formula is C9H11N3O. The number of anilines is 1. The first-order valence-electron chi connectivity index (χ1n) is 3.81. The van der Waals surface area contributed by atoms with Gasteiger partial charge in [0.1, 0.15) is 11.6 Å². The van der Waals surface area contributed by atoms with E-state index in [1.807, 2.05) is 19.0 Å². The third-order valence-electron chi connectivity index (χ3n) is 1.68. The summed E-state index contributed by atoms with van der Waals surface area (Å²) in [6.07, 6.45) is 1.62. The van der Waals surface area contributed by atoms with Crippen molar-refractivity contribution in [3.05, 3.63) is 17.8 Å². The summed E-state index contributed by atoms with van der Waals surface area (Å²) in [5.41, 5.74) is 1.28. The summed E-state index contributed by atoms with van der Waals surface area (Å²) in [5.74, 6) is 0.369. The van der Waals surface area contributed by atoms with E-state index in [1.54, 1.807) is 12.3 Å². The maximum Gasteiger partial charge on any atom is 0.233 e. The number of pyridine rings is 1. The van der Waals surface area contributed by atoms with Gasteiger partial charge in [0.25, 0.3) is 0 Å². The highest BCUT2D eigenvalue weighted by molar-refractivity contribution is 5.61. The fourth-order valence-electron chi connectivity index (χ4n) is 1.07. The van der Waals surface area contributed by atoms with E-state index in [9.17, 15) is 0 Å². The Kier molecular flexibility index (Phi) is 2.70. The van der Waals surface area contributed by atoms with Gasteiger partial charge in [-0.25, -0.2) is 4.98 Å². The Morgan fingerprint density at radius 2 is 2.23 bits per heavy atom. The first-order chi connectivity index (χ1) is 6.20. The van der Waals surface area contributed by atoms with Crippen molar-refractivity contribution >= 4 is 5.69 Å². The van der Waals surface area contributed by atoms with Gasteiger partial charge in [-0.05, 0) is 6.07 Å². The monoisotopic (exact) mass is 177 g/mol. The molecule has 1 heterocycles. The van der Waals surface area contributed by atoms with Crippen molar-refractivity contribution in [1.82, 2.24) is 4.98 Å². The standard InChI is InChI=1S/C9H11N3O/c1-12(2)8-4-5-11-9(13-3)7(8)6-10/h4-5H,1-3H3. The summed E-state index contributed by atoms with van der Waals surface area (Å²) in [5, 5.41) is 8.88. The fourth-order valence-corrected chi connectivity index (χ4v) is 1.07. The number of hydrogen-bond acceptors (Lipinski definition) is 4. The highest BCUT2D eigenvalue weighted by Crippen LogP contribution is 2.24. The predicted molar refractivity (Wildman–Crippen MR) is 49.8 cm³/mol. The zero-order valence-electron chi connectivity index (χ0n) is 7.90. The minimum atomic E-state index is 0.369. The molecule has 0 spiro atoms. The molecule has 0 saturated heterocycles. The van der Waals surface area contributed by atoms with E-state index in [0.29, 0.717) is 11.4 Å². The van der Waals surface area contributed by atoms with Crippen LogP contribution < -0.4 is 9.64 Å². The highest BCUT2D eigenvalue weighted by Gasteiger charge is 2.10. The topological polar surface area (TPSA) is 49.1 Å². The third kappa shape index (κ3) is 1.70. The molecule has 1 rings (SSSR count). The molecule has 0 N–H and O–H groups in total. The maximum absolute atomic E-state index is 8.88. The number of aromatic nitrogens is 1. The Morgan fingerprint density at radius 1 is 1.54 bits per heavy atom. The lowest BCUT2D eigenvalue weighted by atomic mass is 10.2. The summed E-state index contributed by atoms with van der Waals surface area (Å²) < 4.78 is 4.97. The fraction of sp³-hybridized carbons (Fsp3) is 0.333. The van der Waals surface area contributed by atoms with Crippen LogP contribution in [-0.4, -0.2) is 26.2 Å². The van der Waals surface area contributed by atoms with Crippen LogP contribution in [0, 0.1) is 11.3 Å². The smallest absolute Gasteiger partial charge is 0.233 e.